The van der Waals surface area contributed by atoms with Crippen molar-refractivity contribution < 1.29 is 0 Å². The van der Waals surface area contributed by atoms with E-state index in [1.807, 2.05) is 13.6 Å². The van der Waals surface area contributed by atoms with Crippen molar-refractivity contribution in [1.29, 1.82) is 0 Å². The highest BCUT2D eigenvalue weighted by atomic mass is 32.7. The molecule has 0 amide bonds. The highest BCUT2D eigenvalue weighted by Gasteiger charge is 2.29. The highest BCUT2D eigenvalue weighted by molar-refractivity contribution is 8.58. The number of unbranched alkanes of at least 4 members (excludes halogenated alkanes) is 1. The van der Waals surface area contributed by atoms with E-state index in [0.29, 0.717) is 41.9 Å². The van der Waals surface area contributed by atoms with Gasteiger partial charge in [-0.25, -0.2) is 28.6 Å². The molecule has 0 aliphatic carbocycles. The van der Waals surface area contributed by atoms with Crippen molar-refractivity contribution in [2.75, 3.05) is 36.7 Å². The topological polar surface area (TPSA) is 156 Å². The average Bonchev–Trinajstić information content (AvgIpc) is 2.69. The molecule has 1 aliphatic heterocycles. The van der Waals surface area contributed by atoms with E-state index < -0.39 is 19.4 Å². The summed E-state index contributed by atoms with van der Waals surface area (Å²) < 4.78 is 15.0. The zero-order chi connectivity index (χ0) is 25.7. The van der Waals surface area contributed by atoms with Gasteiger partial charge in [-0.05, 0) is 44.4 Å². The monoisotopic (exact) mass is 630 g/mol. The van der Waals surface area contributed by atoms with Gasteiger partial charge in [0.15, 0.2) is 6.56 Å². The first-order chi connectivity index (χ1) is 16.4. The third-order valence-electron chi connectivity index (χ3n) is 4.36. The van der Waals surface area contributed by atoms with Crippen molar-refractivity contribution in [1.82, 2.24) is 35.0 Å². The molecule has 2 aromatic heterocycles. The van der Waals surface area contributed by atoms with Crippen LogP contribution in [0.2, 0.25) is 0 Å². The molecule has 0 aromatic carbocycles. The van der Waals surface area contributed by atoms with Crippen molar-refractivity contribution in [3.63, 3.8) is 0 Å². The quantitative estimate of drug-likeness (QED) is 0.0597. The molecular formula is C15H29N12P3S5. The molecule has 0 saturated heterocycles. The SMILES string of the molecule is CCCCc1nc(=S)nc(NCCP2(S)=NP(S)(NCNc3nc(=S)nc(C)[nH]3)=NP(C)(S)=N2)[nH]1. The van der Waals surface area contributed by atoms with E-state index in [1.165, 1.54) is 0 Å². The number of aromatic nitrogens is 6. The molecule has 3 heterocycles. The maximum Gasteiger partial charge on any atom is 0.224 e. The minimum atomic E-state index is -2.58. The molecule has 20 heteroatoms. The fourth-order valence-corrected chi connectivity index (χ4v) is 21.9. The molecule has 1 aliphatic rings. The summed E-state index contributed by atoms with van der Waals surface area (Å²) in [6, 6.07) is 0. The van der Waals surface area contributed by atoms with Crippen LogP contribution in [0.1, 0.15) is 31.4 Å². The number of nitrogens with one attached hydrogen (secondary N) is 5. The van der Waals surface area contributed by atoms with Gasteiger partial charge in [0.2, 0.25) is 21.4 Å². The summed E-state index contributed by atoms with van der Waals surface area (Å²) in [7, 11) is 0. The van der Waals surface area contributed by atoms with Gasteiger partial charge in [-0.3, -0.25) is 0 Å². The molecule has 35 heavy (non-hydrogen) atoms. The smallest absolute Gasteiger partial charge is 0.224 e. The molecule has 0 bridgehead atoms. The van der Waals surface area contributed by atoms with E-state index in [9.17, 15) is 0 Å². The molecule has 2 aromatic rings. The first-order valence-corrected chi connectivity index (χ1v) is 20.6. The number of aryl methyl sites for hydroxylation is 2. The fraction of sp³-hybridized carbons (Fsp3) is 0.600. The van der Waals surface area contributed by atoms with E-state index in [0.717, 1.165) is 25.1 Å². The van der Waals surface area contributed by atoms with E-state index in [1.54, 1.807) is 0 Å². The van der Waals surface area contributed by atoms with Crippen LogP contribution < -0.4 is 15.7 Å². The van der Waals surface area contributed by atoms with Crippen LogP contribution in [0.15, 0.2) is 13.5 Å². The Hall–Kier alpha value is -0.240. The summed E-state index contributed by atoms with van der Waals surface area (Å²) in [6.45, 7) is 4.12. The molecule has 0 saturated carbocycles. The van der Waals surface area contributed by atoms with Crippen LogP contribution in [-0.2, 0) is 6.42 Å². The Morgan fingerprint density at radius 1 is 0.914 bits per heavy atom. The molecule has 3 unspecified atom stereocenters. The Morgan fingerprint density at radius 3 is 2.29 bits per heavy atom. The molecular weight excluding hydrogens is 602 g/mol. The van der Waals surface area contributed by atoms with Gasteiger partial charge >= 0.3 is 0 Å². The number of H-pyrrole nitrogens is 2. The molecule has 3 rings (SSSR count). The average molecular weight is 631 g/mol. The van der Waals surface area contributed by atoms with E-state index >= 15 is 0 Å². The van der Waals surface area contributed by atoms with Crippen molar-refractivity contribution >= 4 is 92.5 Å². The predicted octanol–water partition coefficient (Wildman–Crippen LogP) is 6.55. The molecule has 3 atom stereocenters. The van der Waals surface area contributed by atoms with Gasteiger partial charge in [-0.1, -0.05) is 25.6 Å². The number of rotatable bonds is 11. The molecule has 0 fully saturated rings. The molecule has 0 spiro atoms. The van der Waals surface area contributed by atoms with Crippen molar-refractivity contribution in [3.05, 3.63) is 21.2 Å². The van der Waals surface area contributed by atoms with E-state index in [-0.39, 0.29) is 4.77 Å². The zero-order valence-electron chi connectivity index (χ0n) is 19.4. The van der Waals surface area contributed by atoms with Crippen LogP contribution in [0.4, 0.5) is 11.9 Å². The van der Waals surface area contributed by atoms with E-state index in [2.05, 4.69) is 52.5 Å². The number of nitrogens with zero attached hydrogens (tertiary/aromatic N) is 7. The third-order valence-corrected chi connectivity index (χ3v) is 18.5. The van der Waals surface area contributed by atoms with Crippen molar-refractivity contribution in [2.45, 2.75) is 33.1 Å². The Morgan fingerprint density at radius 2 is 1.60 bits per heavy atom. The van der Waals surface area contributed by atoms with Gasteiger partial charge in [0.25, 0.3) is 0 Å². The lowest BCUT2D eigenvalue weighted by Gasteiger charge is -2.29. The third kappa shape index (κ3) is 9.54. The van der Waals surface area contributed by atoms with Gasteiger partial charge in [-0.2, -0.15) is 9.97 Å². The Balaban J connectivity index is 1.69. The second-order valence-corrected chi connectivity index (χ2v) is 21.4. The van der Waals surface area contributed by atoms with Gasteiger partial charge in [0.1, 0.15) is 24.5 Å². The lowest BCUT2D eigenvalue weighted by atomic mass is 10.2. The number of aromatic amines is 2. The van der Waals surface area contributed by atoms with Crippen LogP contribution in [-0.4, -0.2) is 55.9 Å². The van der Waals surface area contributed by atoms with Crippen molar-refractivity contribution in [2.24, 2.45) is 13.5 Å². The van der Waals surface area contributed by atoms with Crippen LogP contribution in [0.5, 0.6) is 0 Å². The van der Waals surface area contributed by atoms with Gasteiger partial charge in [0.05, 0.1) is 6.67 Å². The van der Waals surface area contributed by atoms with Crippen LogP contribution in [0, 0.1) is 16.5 Å². The molecule has 0 radical (unpaired) electrons. The summed E-state index contributed by atoms with van der Waals surface area (Å²) >= 11 is 24.7. The maximum absolute atomic E-state index is 5.20. The summed E-state index contributed by atoms with van der Waals surface area (Å²) in [4.78, 5) is 23.0. The van der Waals surface area contributed by atoms with Crippen LogP contribution >= 0.6 is 80.6 Å². The molecule has 5 N–H and O–H groups in total. The second-order valence-electron chi connectivity index (χ2n) is 7.65. The fourth-order valence-electron chi connectivity index (χ4n) is 3.02. The summed E-state index contributed by atoms with van der Waals surface area (Å²) in [5.74, 6) is 2.56. The molecule has 194 valence electrons. The number of anilines is 2. The minimum Gasteiger partial charge on any atom is -0.355 e. The summed E-state index contributed by atoms with van der Waals surface area (Å²) in [5, 5.41) is 9.69. The van der Waals surface area contributed by atoms with Gasteiger partial charge < -0.3 is 20.6 Å². The largest absolute Gasteiger partial charge is 0.355 e. The van der Waals surface area contributed by atoms with Crippen molar-refractivity contribution in [3.8, 4) is 0 Å². The maximum atomic E-state index is 5.20. The second kappa shape index (κ2) is 12.5. The van der Waals surface area contributed by atoms with Crippen LogP contribution in [0.3, 0.4) is 0 Å². The number of hydrogen-bond acceptors (Lipinski definition) is 12. The summed E-state index contributed by atoms with van der Waals surface area (Å²) in [6.07, 6.45) is -1.18. The number of hydrogen-bond donors (Lipinski definition) is 8. The minimum absolute atomic E-state index is 0.258. The molecule has 12 nitrogen and oxygen atoms in total. The lowest BCUT2D eigenvalue weighted by molar-refractivity contribution is 0.742. The lowest BCUT2D eigenvalue weighted by Crippen LogP contribution is -2.19. The highest BCUT2D eigenvalue weighted by Crippen LogP contribution is 2.80. The zero-order valence-corrected chi connectivity index (χ0v) is 26.4. The van der Waals surface area contributed by atoms with Gasteiger partial charge in [0, 0.05) is 19.1 Å². The Kier molecular flexibility index (Phi) is 10.5. The Bertz CT molecular complexity index is 1350. The Labute approximate surface area is 230 Å². The first kappa shape index (κ1) is 29.3. The standard InChI is InChI=1S/C15H29N12P3S5/c1-4-5-6-11-21-12(23-15(32)22-11)16-7-8-29(34)25-28(3,33)26-30(35,27-29)18-9-17-13-19-10(2)20-14(31)24-13/h18,33-35H,4-9H2,1-3H3,(H2,16,21,22,23,32)(H2,17,19,20,24,31). The summed E-state index contributed by atoms with van der Waals surface area (Å²) in [5.41, 5.74) is 0. The first-order valence-electron chi connectivity index (χ1n) is 10.6. The van der Waals surface area contributed by atoms with E-state index in [4.69, 9.17) is 74.7 Å². The number of thiol groups is 3. The van der Waals surface area contributed by atoms with Gasteiger partial charge in [-0.15, -0.1) is 24.5 Å². The van der Waals surface area contributed by atoms with Crippen LogP contribution in [0.25, 0.3) is 0 Å². The normalized spacial score (nSPS) is 25.8. The predicted molar refractivity (Wildman–Crippen MR) is 164 cm³/mol.